The zero-order valence-electron chi connectivity index (χ0n) is 11.5. The zero-order valence-corrected chi connectivity index (χ0v) is 13.1. The summed E-state index contributed by atoms with van der Waals surface area (Å²) in [4.78, 5) is 2.39. The van der Waals surface area contributed by atoms with Gasteiger partial charge in [0.05, 0.1) is 0 Å². The van der Waals surface area contributed by atoms with Crippen molar-refractivity contribution < 1.29 is 4.74 Å². The van der Waals surface area contributed by atoms with Gasteiger partial charge in [0.2, 0.25) is 0 Å². The molecule has 0 spiro atoms. The average Bonchev–Trinajstić information content (AvgIpc) is 2.43. The first kappa shape index (κ1) is 15.0. The quantitative estimate of drug-likeness (QED) is 0.904. The van der Waals surface area contributed by atoms with Gasteiger partial charge in [-0.2, -0.15) is 0 Å². The topological polar surface area (TPSA) is 38.5 Å². The van der Waals surface area contributed by atoms with Gasteiger partial charge in [-0.1, -0.05) is 34.1 Å². The second-order valence-corrected chi connectivity index (χ2v) is 6.11. The summed E-state index contributed by atoms with van der Waals surface area (Å²) < 4.78 is 6.62. The second kappa shape index (κ2) is 7.39. The van der Waals surface area contributed by atoms with E-state index in [1.807, 2.05) is 6.07 Å². The van der Waals surface area contributed by atoms with Crippen LogP contribution in [0.4, 0.5) is 0 Å². The van der Waals surface area contributed by atoms with E-state index in [-0.39, 0.29) is 0 Å². The highest BCUT2D eigenvalue weighted by atomic mass is 79.9. The summed E-state index contributed by atoms with van der Waals surface area (Å²) in [5, 5.41) is 0. The summed E-state index contributed by atoms with van der Waals surface area (Å²) in [5.41, 5.74) is 7.32. The predicted octanol–water partition coefficient (Wildman–Crippen LogP) is 2.63. The maximum absolute atomic E-state index is 6.00. The highest BCUT2D eigenvalue weighted by Crippen LogP contribution is 2.24. The third kappa shape index (κ3) is 4.02. The second-order valence-electron chi connectivity index (χ2n) is 5.26. The summed E-state index contributed by atoms with van der Waals surface area (Å²) in [5.74, 6) is 0.659. The van der Waals surface area contributed by atoms with Crippen LogP contribution in [0.15, 0.2) is 28.7 Å². The average molecular weight is 327 g/mol. The molecule has 3 nitrogen and oxygen atoms in total. The third-order valence-electron chi connectivity index (χ3n) is 4.00. The molecule has 0 bridgehead atoms. The van der Waals surface area contributed by atoms with E-state index in [2.05, 4.69) is 46.1 Å². The van der Waals surface area contributed by atoms with Crippen LogP contribution >= 0.6 is 15.9 Å². The molecule has 106 valence electrons. The van der Waals surface area contributed by atoms with Gasteiger partial charge in [-0.05, 0) is 37.4 Å². The van der Waals surface area contributed by atoms with E-state index < -0.39 is 0 Å². The molecule has 1 aromatic carbocycles. The number of rotatable bonds is 5. The number of hydrogen-bond acceptors (Lipinski definition) is 3. The molecule has 0 aromatic heterocycles. The highest BCUT2D eigenvalue weighted by Gasteiger charge is 2.26. The Kier molecular flexibility index (Phi) is 5.82. The van der Waals surface area contributed by atoms with Crippen molar-refractivity contribution in [3.05, 3.63) is 34.3 Å². The molecular weight excluding hydrogens is 304 g/mol. The van der Waals surface area contributed by atoms with Gasteiger partial charge in [-0.3, -0.25) is 4.90 Å². The van der Waals surface area contributed by atoms with Gasteiger partial charge in [-0.25, -0.2) is 0 Å². The van der Waals surface area contributed by atoms with Crippen molar-refractivity contribution in [3.8, 4) is 0 Å². The van der Waals surface area contributed by atoms with E-state index in [9.17, 15) is 0 Å². The molecule has 0 aliphatic carbocycles. The lowest BCUT2D eigenvalue weighted by atomic mass is 9.90. The SMILES string of the molecule is CN(Cc1ccccc1Br)C(CN)C1CCOCC1. The van der Waals surface area contributed by atoms with Gasteiger partial charge in [0.15, 0.2) is 0 Å². The molecule has 1 atom stereocenters. The van der Waals surface area contributed by atoms with Gasteiger partial charge in [0.25, 0.3) is 0 Å². The molecule has 2 N–H and O–H groups in total. The summed E-state index contributed by atoms with van der Waals surface area (Å²) in [6.45, 7) is 3.40. The van der Waals surface area contributed by atoms with Crippen molar-refractivity contribution in [2.75, 3.05) is 26.8 Å². The van der Waals surface area contributed by atoms with Gasteiger partial charge in [0.1, 0.15) is 0 Å². The smallest absolute Gasteiger partial charge is 0.0469 e. The van der Waals surface area contributed by atoms with E-state index in [4.69, 9.17) is 10.5 Å². The molecule has 1 aliphatic rings. The maximum Gasteiger partial charge on any atom is 0.0469 e. The van der Waals surface area contributed by atoms with Crippen molar-refractivity contribution in [3.63, 3.8) is 0 Å². The highest BCUT2D eigenvalue weighted by molar-refractivity contribution is 9.10. The Morgan fingerprint density at radius 1 is 1.37 bits per heavy atom. The number of halogens is 1. The summed E-state index contributed by atoms with van der Waals surface area (Å²) in [6.07, 6.45) is 2.25. The van der Waals surface area contributed by atoms with Crippen LogP contribution in [0.2, 0.25) is 0 Å². The lowest BCUT2D eigenvalue weighted by molar-refractivity contribution is 0.0321. The summed E-state index contributed by atoms with van der Waals surface area (Å²) in [6, 6.07) is 8.83. The van der Waals surface area contributed by atoms with Crippen molar-refractivity contribution in [2.45, 2.75) is 25.4 Å². The van der Waals surface area contributed by atoms with Gasteiger partial charge < -0.3 is 10.5 Å². The van der Waals surface area contributed by atoms with Crippen LogP contribution in [0.3, 0.4) is 0 Å². The molecule has 1 aromatic rings. The van der Waals surface area contributed by atoms with Crippen LogP contribution in [-0.4, -0.2) is 37.7 Å². The molecule has 1 unspecified atom stereocenters. The van der Waals surface area contributed by atoms with E-state index in [1.54, 1.807) is 0 Å². The fourth-order valence-electron chi connectivity index (χ4n) is 2.85. The van der Waals surface area contributed by atoms with Crippen molar-refractivity contribution in [1.29, 1.82) is 0 Å². The van der Waals surface area contributed by atoms with Crippen molar-refractivity contribution in [2.24, 2.45) is 11.7 Å². The summed E-state index contributed by atoms with van der Waals surface area (Å²) >= 11 is 3.61. The molecule has 0 saturated carbocycles. The van der Waals surface area contributed by atoms with Crippen LogP contribution in [0.1, 0.15) is 18.4 Å². The maximum atomic E-state index is 6.00. The lowest BCUT2D eigenvalue weighted by Gasteiger charge is -2.36. The minimum absolute atomic E-state index is 0.441. The minimum Gasteiger partial charge on any atom is -0.381 e. The normalized spacial score (nSPS) is 18.7. The first-order valence-electron chi connectivity index (χ1n) is 6.94. The largest absolute Gasteiger partial charge is 0.381 e. The number of benzene rings is 1. The van der Waals surface area contributed by atoms with E-state index in [0.29, 0.717) is 18.5 Å². The number of hydrogen-bond donors (Lipinski definition) is 1. The van der Waals surface area contributed by atoms with E-state index in [0.717, 1.165) is 32.6 Å². The Balaban J connectivity index is 2.00. The Bertz CT molecular complexity index is 393. The summed E-state index contributed by atoms with van der Waals surface area (Å²) in [7, 11) is 2.17. The van der Waals surface area contributed by atoms with Crippen molar-refractivity contribution in [1.82, 2.24) is 4.90 Å². The number of ether oxygens (including phenoxy) is 1. The number of nitrogens with zero attached hydrogens (tertiary/aromatic N) is 1. The van der Waals surface area contributed by atoms with Gasteiger partial charge in [0, 0.05) is 36.8 Å². The predicted molar refractivity (Wildman–Crippen MR) is 82.0 cm³/mol. The molecule has 2 rings (SSSR count). The number of likely N-dealkylation sites (N-methyl/N-ethyl adjacent to an activating group) is 1. The molecule has 1 fully saturated rings. The van der Waals surface area contributed by atoms with Crippen LogP contribution < -0.4 is 5.73 Å². The molecule has 0 amide bonds. The molecule has 0 radical (unpaired) electrons. The standard InChI is InChI=1S/C15H23BrN2O/c1-18(11-13-4-2-3-5-14(13)16)15(10-17)12-6-8-19-9-7-12/h2-5,12,15H,6-11,17H2,1H3. The number of nitrogens with two attached hydrogens (primary N) is 1. The fourth-order valence-corrected chi connectivity index (χ4v) is 3.26. The molecule has 1 heterocycles. The fraction of sp³-hybridized carbons (Fsp3) is 0.600. The van der Waals surface area contributed by atoms with Crippen LogP contribution in [-0.2, 0) is 11.3 Å². The van der Waals surface area contributed by atoms with E-state index in [1.165, 1.54) is 10.0 Å². The third-order valence-corrected chi connectivity index (χ3v) is 4.77. The Morgan fingerprint density at radius 2 is 2.05 bits per heavy atom. The lowest BCUT2D eigenvalue weighted by Crippen LogP contribution is -2.45. The first-order chi connectivity index (χ1) is 9.22. The Hall–Kier alpha value is -0.420. The molecule has 4 heteroatoms. The molecule has 1 saturated heterocycles. The Labute approximate surface area is 124 Å². The molecule has 19 heavy (non-hydrogen) atoms. The van der Waals surface area contributed by atoms with Crippen LogP contribution in [0, 0.1) is 5.92 Å². The Morgan fingerprint density at radius 3 is 2.68 bits per heavy atom. The van der Waals surface area contributed by atoms with Crippen LogP contribution in [0.25, 0.3) is 0 Å². The van der Waals surface area contributed by atoms with Crippen LogP contribution in [0.5, 0.6) is 0 Å². The van der Waals surface area contributed by atoms with Crippen molar-refractivity contribution >= 4 is 15.9 Å². The van der Waals surface area contributed by atoms with E-state index >= 15 is 0 Å². The molecular formula is C15H23BrN2O. The zero-order chi connectivity index (χ0) is 13.7. The van der Waals surface area contributed by atoms with Gasteiger partial charge in [-0.15, -0.1) is 0 Å². The monoisotopic (exact) mass is 326 g/mol. The van der Waals surface area contributed by atoms with Gasteiger partial charge >= 0.3 is 0 Å². The minimum atomic E-state index is 0.441. The first-order valence-corrected chi connectivity index (χ1v) is 7.73. The molecule has 1 aliphatic heterocycles.